The first-order valence-electron chi connectivity index (χ1n) is 13.4. The number of ether oxygens (including phenoxy) is 4. The van der Waals surface area contributed by atoms with E-state index in [1.54, 1.807) is 25.1 Å². The second-order valence-electron chi connectivity index (χ2n) is 9.74. The summed E-state index contributed by atoms with van der Waals surface area (Å²) in [4.78, 5) is 27.3. The number of para-hydroxylation sites is 1. The summed E-state index contributed by atoms with van der Waals surface area (Å²) in [5.74, 6) is 0.984. The van der Waals surface area contributed by atoms with Crippen molar-refractivity contribution in [2.45, 2.75) is 39.2 Å². The van der Waals surface area contributed by atoms with Crippen LogP contribution >= 0.6 is 0 Å². The van der Waals surface area contributed by atoms with Crippen LogP contribution in [0, 0.1) is 12.8 Å². The maximum atomic E-state index is 13.0. The highest BCUT2D eigenvalue weighted by Gasteiger charge is 2.29. The number of hydrogen-bond donors (Lipinski definition) is 2. The zero-order valence-electron chi connectivity index (χ0n) is 22.2. The SMILES string of the molecule is CCOC(=O)c1ccccc1OCCCN1CC[C@@H](CNC(=O)c2cc(C)cc3c2OCCCO3)[C@H](O)C1. The number of rotatable bonds is 10. The molecule has 9 nitrogen and oxygen atoms in total. The minimum atomic E-state index is -0.538. The van der Waals surface area contributed by atoms with E-state index >= 15 is 0 Å². The van der Waals surface area contributed by atoms with Crippen LogP contribution in [0.25, 0.3) is 0 Å². The highest BCUT2D eigenvalue weighted by atomic mass is 16.5. The molecule has 4 rings (SSSR count). The van der Waals surface area contributed by atoms with Gasteiger partial charge in [-0.2, -0.15) is 0 Å². The number of piperidine rings is 1. The number of aryl methyl sites for hydroxylation is 1. The van der Waals surface area contributed by atoms with E-state index in [2.05, 4.69) is 10.2 Å². The second-order valence-corrected chi connectivity index (χ2v) is 9.74. The van der Waals surface area contributed by atoms with Crippen molar-refractivity contribution in [3.63, 3.8) is 0 Å². The number of nitrogens with one attached hydrogen (secondary N) is 1. The fourth-order valence-electron chi connectivity index (χ4n) is 4.83. The highest BCUT2D eigenvalue weighted by Crippen LogP contribution is 2.35. The Kier molecular flexibility index (Phi) is 9.84. The number of carbonyl (C=O) groups is 2. The predicted molar refractivity (Wildman–Crippen MR) is 142 cm³/mol. The van der Waals surface area contributed by atoms with Gasteiger partial charge in [-0.1, -0.05) is 12.1 Å². The van der Waals surface area contributed by atoms with E-state index in [9.17, 15) is 14.7 Å². The van der Waals surface area contributed by atoms with Crippen molar-refractivity contribution in [1.29, 1.82) is 0 Å². The van der Waals surface area contributed by atoms with Crippen LogP contribution in [-0.2, 0) is 4.74 Å². The molecule has 1 saturated heterocycles. The lowest BCUT2D eigenvalue weighted by Gasteiger charge is -2.36. The van der Waals surface area contributed by atoms with Crippen LogP contribution in [0.4, 0.5) is 0 Å². The van der Waals surface area contributed by atoms with Crippen molar-refractivity contribution >= 4 is 11.9 Å². The largest absolute Gasteiger partial charge is 0.493 e. The number of aliphatic hydroxyl groups excluding tert-OH is 1. The molecule has 0 aliphatic carbocycles. The summed E-state index contributed by atoms with van der Waals surface area (Å²) in [5, 5.41) is 13.8. The fraction of sp³-hybridized carbons (Fsp3) is 0.517. The summed E-state index contributed by atoms with van der Waals surface area (Å²) in [5.41, 5.74) is 1.83. The van der Waals surface area contributed by atoms with Crippen LogP contribution in [-0.4, -0.2) is 80.6 Å². The average molecular weight is 527 g/mol. The van der Waals surface area contributed by atoms with Gasteiger partial charge in [0.1, 0.15) is 11.3 Å². The van der Waals surface area contributed by atoms with Gasteiger partial charge in [-0.05, 0) is 63.1 Å². The third-order valence-electron chi connectivity index (χ3n) is 6.83. The van der Waals surface area contributed by atoms with Gasteiger partial charge in [0.15, 0.2) is 11.5 Å². The van der Waals surface area contributed by atoms with Crippen LogP contribution in [0.1, 0.15) is 52.5 Å². The topological polar surface area (TPSA) is 107 Å². The van der Waals surface area contributed by atoms with Gasteiger partial charge in [-0.15, -0.1) is 0 Å². The maximum absolute atomic E-state index is 13.0. The van der Waals surface area contributed by atoms with Gasteiger partial charge < -0.3 is 34.3 Å². The molecular weight excluding hydrogens is 488 g/mol. The third-order valence-corrected chi connectivity index (χ3v) is 6.83. The first-order valence-corrected chi connectivity index (χ1v) is 13.4. The van der Waals surface area contributed by atoms with E-state index in [1.807, 2.05) is 25.1 Å². The Morgan fingerprint density at radius 3 is 2.79 bits per heavy atom. The Morgan fingerprint density at radius 2 is 1.97 bits per heavy atom. The normalized spacial score (nSPS) is 19.3. The van der Waals surface area contributed by atoms with E-state index in [0.29, 0.717) is 67.9 Å². The molecule has 0 saturated carbocycles. The van der Waals surface area contributed by atoms with Crippen molar-refractivity contribution in [1.82, 2.24) is 10.2 Å². The van der Waals surface area contributed by atoms with Crippen LogP contribution < -0.4 is 19.5 Å². The monoisotopic (exact) mass is 526 g/mol. The number of benzene rings is 2. The number of esters is 1. The summed E-state index contributed by atoms with van der Waals surface area (Å²) in [6, 6.07) is 10.8. The van der Waals surface area contributed by atoms with Crippen molar-refractivity contribution in [3.05, 3.63) is 53.1 Å². The molecule has 0 aromatic heterocycles. The van der Waals surface area contributed by atoms with Gasteiger partial charge in [0.25, 0.3) is 5.91 Å². The van der Waals surface area contributed by atoms with Crippen molar-refractivity contribution < 1.29 is 33.6 Å². The van der Waals surface area contributed by atoms with E-state index in [0.717, 1.165) is 37.9 Å². The van der Waals surface area contributed by atoms with E-state index < -0.39 is 6.10 Å². The molecule has 2 N–H and O–H groups in total. The lowest BCUT2D eigenvalue weighted by atomic mass is 9.93. The average Bonchev–Trinajstić information content (AvgIpc) is 3.15. The first kappa shape index (κ1) is 27.7. The van der Waals surface area contributed by atoms with Crippen LogP contribution in [0.5, 0.6) is 17.2 Å². The van der Waals surface area contributed by atoms with Crippen LogP contribution in [0.3, 0.4) is 0 Å². The number of nitrogens with zero attached hydrogens (tertiary/aromatic N) is 1. The minimum Gasteiger partial charge on any atom is -0.493 e. The first-order chi connectivity index (χ1) is 18.5. The summed E-state index contributed by atoms with van der Waals surface area (Å²) in [6.07, 6.45) is 1.77. The van der Waals surface area contributed by atoms with E-state index in [4.69, 9.17) is 18.9 Å². The molecule has 0 radical (unpaired) electrons. The zero-order chi connectivity index (χ0) is 26.9. The summed E-state index contributed by atoms with van der Waals surface area (Å²) in [7, 11) is 0. The highest BCUT2D eigenvalue weighted by molar-refractivity contribution is 5.98. The Hall–Kier alpha value is -3.30. The fourth-order valence-corrected chi connectivity index (χ4v) is 4.83. The van der Waals surface area contributed by atoms with Gasteiger partial charge >= 0.3 is 5.97 Å². The molecule has 2 aliphatic heterocycles. The summed E-state index contributed by atoms with van der Waals surface area (Å²) in [6.45, 7) is 8.07. The van der Waals surface area contributed by atoms with E-state index in [-0.39, 0.29) is 17.8 Å². The standard InChI is InChI=1S/C29H38N2O7/c1-3-35-29(34)22-8-4-5-9-25(22)36-13-6-11-31-12-10-21(24(32)19-31)18-30-28(33)23-16-20(2)17-26-27(23)38-15-7-14-37-26/h4-5,8-9,16-17,21,24,32H,3,6-7,10-15,18-19H2,1-2H3,(H,30,33)/t21-,24+/m0/s1. The van der Waals surface area contributed by atoms with Crippen LogP contribution in [0.2, 0.25) is 0 Å². The van der Waals surface area contributed by atoms with Gasteiger partial charge in [0, 0.05) is 32.0 Å². The molecule has 0 unspecified atom stereocenters. The quantitative estimate of drug-likeness (QED) is 0.359. The Morgan fingerprint density at radius 1 is 1.16 bits per heavy atom. The number of hydrogen-bond acceptors (Lipinski definition) is 8. The Balaban J connectivity index is 1.21. The lowest BCUT2D eigenvalue weighted by molar-refractivity contribution is 0.0204. The van der Waals surface area contributed by atoms with Crippen molar-refractivity contribution in [2.24, 2.45) is 5.92 Å². The summed E-state index contributed by atoms with van der Waals surface area (Å²) < 4.78 is 22.5. The molecule has 1 fully saturated rings. The second kappa shape index (κ2) is 13.5. The smallest absolute Gasteiger partial charge is 0.341 e. The molecule has 2 aromatic rings. The molecular formula is C29H38N2O7. The molecule has 2 atom stereocenters. The van der Waals surface area contributed by atoms with Gasteiger partial charge in [-0.25, -0.2) is 4.79 Å². The Bertz CT molecular complexity index is 1110. The maximum Gasteiger partial charge on any atom is 0.341 e. The number of amides is 1. The third kappa shape index (κ3) is 7.17. The molecule has 2 aliphatic rings. The van der Waals surface area contributed by atoms with Gasteiger partial charge in [-0.3, -0.25) is 4.79 Å². The van der Waals surface area contributed by atoms with Gasteiger partial charge in [0.05, 0.1) is 38.1 Å². The van der Waals surface area contributed by atoms with Crippen LogP contribution in [0.15, 0.2) is 36.4 Å². The number of likely N-dealkylation sites (tertiary alicyclic amines) is 1. The van der Waals surface area contributed by atoms with E-state index in [1.165, 1.54) is 0 Å². The minimum absolute atomic E-state index is 0.0245. The van der Waals surface area contributed by atoms with Crippen molar-refractivity contribution in [3.8, 4) is 17.2 Å². The number of aliphatic hydroxyl groups is 1. The molecule has 0 spiro atoms. The molecule has 206 valence electrons. The number of carbonyl (C=O) groups excluding carboxylic acids is 2. The molecule has 2 aromatic carbocycles. The summed E-state index contributed by atoms with van der Waals surface area (Å²) >= 11 is 0. The predicted octanol–water partition coefficient (Wildman–Crippen LogP) is 3.21. The molecule has 9 heteroatoms. The van der Waals surface area contributed by atoms with Crippen molar-refractivity contribution in [2.75, 3.05) is 52.6 Å². The number of fused-ring (bicyclic) bond motifs is 1. The Labute approximate surface area is 224 Å². The molecule has 2 heterocycles. The molecule has 38 heavy (non-hydrogen) atoms. The van der Waals surface area contributed by atoms with Gasteiger partial charge in [0.2, 0.25) is 0 Å². The zero-order valence-corrected chi connectivity index (χ0v) is 22.2. The molecule has 0 bridgehead atoms. The lowest BCUT2D eigenvalue weighted by Crippen LogP contribution is -2.48. The number of β-amino-alcohol motifs (C(OH)–C–C–N with tert-alkyl or cyclic N) is 1. The molecule has 1 amide bonds.